The molecule has 3 rings (SSSR count). The molecule has 0 saturated heterocycles. The number of nitrogen functional groups attached to an aromatic ring is 1. The molecule has 8 heteroatoms. The molecule has 4 N–H and O–H groups in total. The lowest BCUT2D eigenvalue weighted by Crippen LogP contribution is -2.10. The largest absolute Gasteiger partial charge is 0.438 e. The van der Waals surface area contributed by atoms with E-state index in [2.05, 4.69) is 25.6 Å². The minimum Gasteiger partial charge on any atom is -0.438 e. The van der Waals surface area contributed by atoms with Crippen LogP contribution in [0.25, 0.3) is 11.0 Å². The Morgan fingerprint density at radius 1 is 1.35 bits per heavy atom. The van der Waals surface area contributed by atoms with Gasteiger partial charge in [0.15, 0.2) is 5.65 Å². The Morgan fingerprint density at radius 3 is 2.95 bits per heavy atom. The quantitative estimate of drug-likeness (QED) is 0.498. The first-order valence-electron chi connectivity index (χ1n) is 5.79. The molecule has 2 aromatic heterocycles. The number of H-pyrrole nitrogens is 1. The lowest BCUT2D eigenvalue weighted by Gasteiger charge is -2.08. The number of rotatable bonds is 3. The third-order valence-electron chi connectivity index (χ3n) is 2.75. The van der Waals surface area contributed by atoms with Gasteiger partial charge in [0.1, 0.15) is 17.0 Å². The van der Waals surface area contributed by atoms with E-state index in [0.717, 1.165) is 0 Å². The normalized spacial score (nSPS) is 10.8. The number of hydrogen-bond acceptors (Lipinski definition) is 6. The van der Waals surface area contributed by atoms with Crippen molar-refractivity contribution in [2.45, 2.75) is 6.92 Å². The number of benzene rings is 1. The van der Waals surface area contributed by atoms with E-state index in [4.69, 9.17) is 10.6 Å². The van der Waals surface area contributed by atoms with Crippen LogP contribution >= 0.6 is 0 Å². The van der Waals surface area contributed by atoms with Gasteiger partial charge in [-0.15, -0.1) is 0 Å². The molecule has 20 heavy (non-hydrogen) atoms. The van der Waals surface area contributed by atoms with Gasteiger partial charge in [-0.1, -0.05) is 0 Å². The van der Waals surface area contributed by atoms with E-state index in [0.29, 0.717) is 22.3 Å². The first kappa shape index (κ1) is 12.3. The average molecular weight is 274 g/mol. The van der Waals surface area contributed by atoms with E-state index < -0.39 is 0 Å². The maximum atomic E-state index is 13.2. The molecular weight excluding hydrogens is 263 g/mol. The van der Waals surface area contributed by atoms with Crippen molar-refractivity contribution in [2.24, 2.45) is 5.84 Å². The van der Waals surface area contributed by atoms with Gasteiger partial charge in [0.05, 0.1) is 6.20 Å². The molecule has 0 atom stereocenters. The Hall–Kier alpha value is -2.74. The number of nitrogens with one attached hydrogen (secondary N) is 2. The minimum absolute atomic E-state index is 0.190. The van der Waals surface area contributed by atoms with Crippen molar-refractivity contribution in [3.8, 4) is 11.6 Å². The Kier molecular flexibility index (Phi) is 2.92. The Morgan fingerprint density at radius 2 is 2.20 bits per heavy atom. The lowest BCUT2D eigenvalue weighted by molar-refractivity contribution is 0.466. The number of halogens is 1. The maximum absolute atomic E-state index is 13.2. The van der Waals surface area contributed by atoms with Crippen LogP contribution in [0.2, 0.25) is 0 Å². The highest BCUT2D eigenvalue weighted by Crippen LogP contribution is 2.28. The molecule has 0 bridgehead atoms. The third kappa shape index (κ3) is 2.12. The summed E-state index contributed by atoms with van der Waals surface area (Å²) in [6.45, 7) is 1.66. The number of nitrogens with two attached hydrogens (primary N) is 1. The van der Waals surface area contributed by atoms with Gasteiger partial charge in [0.25, 0.3) is 0 Å². The molecule has 0 spiro atoms. The fourth-order valence-corrected chi connectivity index (χ4v) is 1.74. The summed E-state index contributed by atoms with van der Waals surface area (Å²) in [5.41, 5.74) is 3.32. The van der Waals surface area contributed by atoms with E-state index in [1.807, 2.05) is 0 Å². The van der Waals surface area contributed by atoms with E-state index in [1.165, 1.54) is 12.1 Å². The summed E-state index contributed by atoms with van der Waals surface area (Å²) >= 11 is 0. The summed E-state index contributed by atoms with van der Waals surface area (Å²) in [5.74, 6) is 5.94. The summed E-state index contributed by atoms with van der Waals surface area (Å²) in [7, 11) is 0. The molecule has 0 aliphatic heterocycles. The monoisotopic (exact) mass is 274 g/mol. The highest BCUT2D eigenvalue weighted by atomic mass is 19.1. The summed E-state index contributed by atoms with van der Waals surface area (Å²) in [5, 5.41) is 7.18. The van der Waals surface area contributed by atoms with Crippen molar-refractivity contribution in [1.82, 2.24) is 20.2 Å². The molecule has 0 amide bonds. The summed E-state index contributed by atoms with van der Waals surface area (Å²) in [6.07, 6.45) is 1.54. The Bertz CT molecular complexity index is 772. The number of ether oxygens (including phenoxy) is 1. The first-order chi connectivity index (χ1) is 9.67. The smallest absolute Gasteiger partial charge is 0.242 e. The summed E-state index contributed by atoms with van der Waals surface area (Å²) in [4.78, 5) is 8.20. The van der Waals surface area contributed by atoms with Crippen LogP contribution in [-0.2, 0) is 0 Å². The van der Waals surface area contributed by atoms with Crippen LogP contribution in [0.4, 0.5) is 10.3 Å². The van der Waals surface area contributed by atoms with Crippen LogP contribution in [-0.4, -0.2) is 20.2 Å². The fourth-order valence-electron chi connectivity index (χ4n) is 1.74. The zero-order valence-electron chi connectivity index (χ0n) is 10.5. The number of anilines is 1. The average Bonchev–Trinajstić information content (AvgIpc) is 2.91. The number of aromatic amines is 1. The van der Waals surface area contributed by atoms with Crippen LogP contribution < -0.4 is 16.0 Å². The van der Waals surface area contributed by atoms with Crippen LogP contribution in [0.15, 0.2) is 24.4 Å². The van der Waals surface area contributed by atoms with Gasteiger partial charge in [-0.3, -0.25) is 10.5 Å². The van der Waals surface area contributed by atoms with E-state index in [9.17, 15) is 4.39 Å². The van der Waals surface area contributed by atoms with Crippen LogP contribution in [0.5, 0.6) is 11.6 Å². The lowest BCUT2D eigenvalue weighted by atomic mass is 10.2. The topological polar surface area (TPSA) is 102 Å². The standard InChI is InChI=1S/C12H11FN6O/c1-6-4-7(2-3-9(6)13)20-11-8-5-15-19-10(8)16-12(17-11)18-14/h2-5H,14H2,1H3,(H2,15,16,17,18,19). The molecular formula is C12H11FN6O. The van der Waals surface area contributed by atoms with Crippen molar-refractivity contribution in [3.63, 3.8) is 0 Å². The molecule has 3 aromatic rings. The van der Waals surface area contributed by atoms with E-state index >= 15 is 0 Å². The molecule has 2 heterocycles. The Balaban J connectivity index is 2.04. The molecule has 0 fully saturated rings. The number of aromatic nitrogens is 4. The minimum atomic E-state index is -0.294. The second-order valence-electron chi connectivity index (χ2n) is 4.14. The van der Waals surface area contributed by atoms with Crippen molar-refractivity contribution in [2.75, 3.05) is 5.43 Å². The SMILES string of the molecule is Cc1cc(Oc2nc(NN)nc3[nH]ncc23)ccc1F. The van der Waals surface area contributed by atoms with E-state index in [-0.39, 0.29) is 17.6 Å². The van der Waals surface area contributed by atoms with Gasteiger partial charge in [-0.2, -0.15) is 15.1 Å². The number of hydrazine groups is 1. The maximum Gasteiger partial charge on any atom is 0.242 e. The van der Waals surface area contributed by atoms with Gasteiger partial charge >= 0.3 is 0 Å². The van der Waals surface area contributed by atoms with Crippen molar-refractivity contribution in [3.05, 3.63) is 35.8 Å². The van der Waals surface area contributed by atoms with Gasteiger partial charge in [-0.05, 0) is 30.7 Å². The van der Waals surface area contributed by atoms with Gasteiger partial charge in [0, 0.05) is 0 Å². The van der Waals surface area contributed by atoms with Gasteiger partial charge < -0.3 is 4.74 Å². The highest BCUT2D eigenvalue weighted by molar-refractivity contribution is 5.80. The van der Waals surface area contributed by atoms with Gasteiger partial charge in [0.2, 0.25) is 11.8 Å². The van der Waals surface area contributed by atoms with Crippen molar-refractivity contribution >= 4 is 17.0 Å². The summed E-state index contributed by atoms with van der Waals surface area (Å²) in [6, 6.07) is 4.44. The molecule has 1 aromatic carbocycles. The second-order valence-corrected chi connectivity index (χ2v) is 4.14. The molecule has 7 nitrogen and oxygen atoms in total. The number of aryl methyl sites for hydroxylation is 1. The van der Waals surface area contributed by atoms with Crippen LogP contribution in [0.1, 0.15) is 5.56 Å². The predicted octanol–water partition coefficient (Wildman–Crippen LogP) is 1.88. The summed E-state index contributed by atoms with van der Waals surface area (Å²) < 4.78 is 18.9. The molecule has 0 radical (unpaired) electrons. The molecule has 0 aliphatic carbocycles. The fraction of sp³-hybridized carbons (Fsp3) is 0.0833. The third-order valence-corrected chi connectivity index (χ3v) is 2.75. The predicted molar refractivity (Wildman–Crippen MR) is 70.7 cm³/mol. The van der Waals surface area contributed by atoms with E-state index in [1.54, 1.807) is 19.2 Å². The first-order valence-corrected chi connectivity index (χ1v) is 5.79. The molecule has 102 valence electrons. The number of hydrogen-bond donors (Lipinski definition) is 3. The molecule has 0 saturated carbocycles. The van der Waals surface area contributed by atoms with Crippen molar-refractivity contribution in [1.29, 1.82) is 0 Å². The second kappa shape index (κ2) is 4.74. The van der Waals surface area contributed by atoms with Gasteiger partial charge in [-0.25, -0.2) is 10.2 Å². The zero-order chi connectivity index (χ0) is 14.1. The van der Waals surface area contributed by atoms with Crippen LogP contribution in [0, 0.1) is 12.7 Å². The zero-order valence-corrected chi connectivity index (χ0v) is 10.5. The number of nitrogens with zero attached hydrogens (tertiary/aromatic N) is 3. The Labute approximate surface area is 113 Å². The molecule has 0 unspecified atom stereocenters. The van der Waals surface area contributed by atoms with Crippen LogP contribution in [0.3, 0.4) is 0 Å². The van der Waals surface area contributed by atoms with Crippen molar-refractivity contribution < 1.29 is 9.13 Å². The molecule has 0 aliphatic rings. The number of fused-ring (bicyclic) bond motifs is 1. The highest BCUT2D eigenvalue weighted by Gasteiger charge is 2.11.